The molecule has 1 heterocycles. The summed E-state index contributed by atoms with van der Waals surface area (Å²) >= 11 is 7.39. The van der Waals surface area contributed by atoms with Crippen molar-refractivity contribution in [2.24, 2.45) is 0 Å². The molecule has 0 bridgehead atoms. The predicted molar refractivity (Wildman–Crippen MR) is 75.9 cm³/mol. The average molecular weight is 413 g/mol. The van der Waals surface area contributed by atoms with Gasteiger partial charge in [-0.1, -0.05) is 11.6 Å². The van der Waals surface area contributed by atoms with Crippen molar-refractivity contribution in [1.29, 1.82) is 0 Å². The van der Waals surface area contributed by atoms with Gasteiger partial charge in [0.05, 0.1) is 14.7 Å². The maximum Gasteiger partial charge on any atom is 0.356 e. The molecule has 0 spiro atoms. The maximum atomic E-state index is 12.3. The van der Waals surface area contributed by atoms with E-state index in [9.17, 15) is 13.2 Å². The topological polar surface area (TPSA) is 89.3 Å². The Bertz CT molecular complexity index is 739. The minimum Gasteiger partial charge on any atom is -0.476 e. The van der Waals surface area contributed by atoms with Gasteiger partial charge in [-0.15, -0.1) is 4.09 Å². The van der Waals surface area contributed by atoms with Gasteiger partial charge in [-0.3, -0.25) is 0 Å². The molecule has 1 aromatic carbocycles. The molecule has 19 heavy (non-hydrogen) atoms. The maximum absolute atomic E-state index is 12.3. The van der Waals surface area contributed by atoms with Crippen molar-refractivity contribution in [3.05, 3.63) is 44.7 Å². The predicted octanol–water partition coefficient (Wildman–Crippen LogP) is 2.08. The van der Waals surface area contributed by atoms with Crippen molar-refractivity contribution in [2.45, 2.75) is 4.90 Å². The largest absolute Gasteiger partial charge is 0.476 e. The first-order chi connectivity index (χ1) is 8.84. The van der Waals surface area contributed by atoms with E-state index in [2.05, 4.69) is 5.10 Å². The van der Waals surface area contributed by atoms with Crippen molar-refractivity contribution in [3.63, 3.8) is 0 Å². The number of carboxylic acid groups (broad SMARTS) is 1. The Morgan fingerprint density at radius 3 is 2.42 bits per heavy atom. The van der Waals surface area contributed by atoms with Crippen LogP contribution < -0.4 is 0 Å². The lowest BCUT2D eigenvalue weighted by Crippen LogP contribution is -2.20. The molecule has 1 aromatic heterocycles. The van der Waals surface area contributed by atoms with Gasteiger partial charge >= 0.3 is 5.97 Å². The third kappa shape index (κ3) is 2.60. The number of aromatic carboxylic acids is 1. The molecule has 0 saturated heterocycles. The molecule has 0 saturated carbocycles. The van der Waals surface area contributed by atoms with Crippen LogP contribution in [0.5, 0.6) is 0 Å². The second kappa shape index (κ2) is 5.10. The Morgan fingerprint density at radius 2 is 1.89 bits per heavy atom. The molecule has 2 rings (SSSR count). The lowest BCUT2D eigenvalue weighted by molar-refractivity contribution is 0.0687. The normalized spacial score (nSPS) is 11.5. The zero-order chi connectivity index (χ0) is 14.2. The van der Waals surface area contributed by atoms with Gasteiger partial charge in [0, 0.05) is 5.02 Å². The highest BCUT2D eigenvalue weighted by Gasteiger charge is 2.26. The lowest BCUT2D eigenvalue weighted by atomic mass is 10.4. The summed E-state index contributed by atoms with van der Waals surface area (Å²) in [6.07, 6.45) is 1.18. The minimum atomic E-state index is -4.05. The summed E-state index contributed by atoms with van der Waals surface area (Å²) < 4.78 is 25.3. The molecule has 0 aliphatic rings. The van der Waals surface area contributed by atoms with Crippen LogP contribution in [0.25, 0.3) is 0 Å². The van der Waals surface area contributed by atoms with Gasteiger partial charge < -0.3 is 5.11 Å². The first-order valence-electron chi connectivity index (χ1n) is 4.82. The summed E-state index contributed by atoms with van der Waals surface area (Å²) in [6, 6.07) is 5.39. The van der Waals surface area contributed by atoms with E-state index in [0.29, 0.717) is 9.11 Å². The van der Waals surface area contributed by atoms with Crippen LogP contribution in [-0.2, 0) is 10.0 Å². The van der Waals surface area contributed by atoms with Gasteiger partial charge in [-0.2, -0.15) is 13.5 Å². The summed E-state index contributed by atoms with van der Waals surface area (Å²) in [5.41, 5.74) is -0.393. The lowest BCUT2D eigenvalue weighted by Gasteiger charge is -2.06. The van der Waals surface area contributed by atoms with Gasteiger partial charge in [0.15, 0.2) is 5.69 Å². The van der Waals surface area contributed by atoms with Gasteiger partial charge in [-0.05, 0) is 46.9 Å². The molecule has 0 unspecified atom stereocenters. The molecule has 100 valence electrons. The summed E-state index contributed by atoms with van der Waals surface area (Å²) in [7, 11) is -4.05. The fourth-order valence-corrected chi connectivity index (χ4v) is 3.53. The second-order valence-electron chi connectivity index (χ2n) is 3.45. The quantitative estimate of drug-likeness (QED) is 0.780. The summed E-state index contributed by atoms with van der Waals surface area (Å²) in [5.74, 6) is -1.36. The number of benzene rings is 1. The smallest absolute Gasteiger partial charge is 0.356 e. The minimum absolute atomic E-state index is 0.0844. The monoisotopic (exact) mass is 412 g/mol. The van der Waals surface area contributed by atoms with E-state index < -0.39 is 21.7 Å². The van der Waals surface area contributed by atoms with Crippen molar-refractivity contribution in [3.8, 4) is 0 Å². The van der Waals surface area contributed by atoms with Crippen LogP contribution in [0.2, 0.25) is 5.02 Å². The molecular weight excluding hydrogens is 407 g/mol. The van der Waals surface area contributed by atoms with Gasteiger partial charge in [0.1, 0.15) is 0 Å². The number of nitrogens with zero attached hydrogens (tertiary/aromatic N) is 2. The zero-order valence-corrected chi connectivity index (χ0v) is 12.8. The van der Waals surface area contributed by atoms with Crippen LogP contribution >= 0.6 is 34.2 Å². The number of carbonyl (C=O) groups is 1. The van der Waals surface area contributed by atoms with E-state index in [1.54, 1.807) is 22.6 Å². The Balaban J connectivity index is 2.64. The van der Waals surface area contributed by atoms with Crippen molar-refractivity contribution >= 4 is 50.2 Å². The highest BCUT2D eigenvalue weighted by Crippen LogP contribution is 2.20. The van der Waals surface area contributed by atoms with Gasteiger partial charge in [0.25, 0.3) is 10.0 Å². The fraction of sp³-hybridized carbons (Fsp3) is 0. The molecule has 1 N–H and O–H groups in total. The number of aromatic nitrogens is 2. The van der Waals surface area contributed by atoms with E-state index in [-0.39, 0.29) is 8.47 Å². The molecule has 0 aliphatic carbocycles. The van der Waals surface area contributed by atoms with Crippen LogP contribution in [0.3, 0.4) is 0 Å². The molecule has 9 heteroatoms. The first-order valence-corrected chi connectivity index (χ1v) is 7.71. The van der Waals surface area contributed by atoms with Crippen molar-refractivity contribution < 1.29 is 18.3 Å². The molecular formula is C10H6ClIN2O4S. The van der Waals surface area contributed by atoms with Crippen LogP contribution in [0.1, 0.15) is 10.5 Å². The van der Waals surface area contributed by atoms with Crippen LogP contribution in [0.4, 0.5) is 0 Å². The number of rotatable bonds is 3. The van der Waals surface area contributed by atoms with Crippen LogP contribution in [0.15, 0.2) is 35.4 Å². The highest BCUT2D eigenvalue weighted by atomic mass is 127. The number of hydrogen-bond acceptors (Lipinski definition) is 4. The Morgan fingerprint density at radius 1 is 1.32 bits per heavy atom. The standard InChI is InChI=1S/C10H6ClIN2O4S/c11-6-1-3-7(4-2-6)19(17,18)14-9(10(15)16)8(12)5-13-14/h1-5H,(H,15,16). The van der Waals surface area contributed by atoms with Crippen LogP contribution in [0, 0.1) is 3.57 Å². The first kappa shape index (κ1) is 14.3. The van der Waals surface area contributed by atoms with E-state index in [4.69, 9.17) is 16.7 Å². The Labute approximate surface area is 127 Å². The van der Waals surface area contributed by atoms with Gasteiger partial charge in [-0.25, -0.2) is 4.79 Å². The molecule has 0 amide bonds. The summed E-state index contributed by atoms with van der Waals surface area (Å²) in [5, 5.41) is 13.0. The Hall–Kier alpha value is -1.13. The Kier molecular flexibility index (Phi) is 3.83. The molecule has 0 aliphatic heterocycles. The SMILES string of the molecule is O=C(O)c1c(I)cnn1S(=O)(=O)c1ccc(Cl)cc1. The fourth-order valence-electron chi connectivity index (χ4n) is 1.39. The third-order valence-corrected chi connectivity index (χ3v) is 4.88. The van der Waals surface area contributed by atoms with Crippen molar-refractivity contribution in [2.75, 3.05) is 0 Å². The molecule has 0 radical (unpaired) electrons. The van der Waals surface area contributed by atoms with E-state index >= 15 is 0 Å². The van der Waals surface area contributed by atoms with Crippen molar-refractivity contribution in [1.82, 2.24) is 9.19 Å². The van der Waals surface area contributed by atoms with Gasteiger partial charge in [0.2, 0.25) is 0 Å². The van der Waals surface area contributed by atoms with E-state index in [0.717, 1.165) is 0 Å². The highest BCUT2D eigenvalue weighted by molar-refractivity contribution is 14.1. The summed E-state index contributed by atoms with van der Waals surface area (Å²) in [6.45, 7) is 0. The molecule has 0 fully saturated rings. The van der Waals surface area contributed by atoms with E-state index in [1.807, 2.05) is 0 Å². The van der Waals surface area contributed by atoms with E-state index in [1.165, 1.54) is 30.5 Å². The summed E-state index contributed by atoms with van der Waals surface area (Å²) in [4.78, 5) is 11.0. The number of hydrogen-bond donors (Lipinski definition) is 1. The zero-order valence-electron chi connectivity index (χ0n) is 9.12. The number of halogens is 2. The molecule has 2 aromatic rings. The van der Waals surface area contributed by atoms with Crippen LogP contribution in [-0.4, -0.2) is 28.7 Å². The third-order valence-electron chi connectivity index (χ3n) is 2.24. The average Bonchev–Trinajstić information content (AvgIpc) is 2.72. The second-order valence-corrected chi connectivity index (χ2v) is 6.81. The molecule has 0 atom stereocenters. The number of carboxylic acids is 1. The molecule has 6 nitrogen and oxygen atoms in total.